The number of benzene rings is 1. The van der Waals surface area contributed by atoms with E-state index < -0.39 is 0 Å². The van der Waals surface area contributed by atoms with E-state index in [1.807, 2.05) is 30.0 Å². The highest BCUT2D eigenvalue weighted by Crippen LogP contribution is 2.23. The van der Waals surface area contributed by atoms with Crippen LogP contribution in [-0.2, 0) is 0 Å². The molecule has 0 aliphatic carbocycles. The fourth-order valence-corrected chi connectivity index (χ4v) is 2.67. The summed E-state index contributed by atoms with van der Waals surface area (Å²) >= 11 is 0. The Balaban J connectivity index is 2.21. The predicted octanol–water partition coefficient (Wildman–Crippen LogP) is 2.98. The minimum absolute atomic E-state index is 0.157. The molecule has 1 aliphatic rings. The topological polar surface area (TPSA) is 46.3 Å². The summed E-state index contributed by atoms with van der Waals surface area (Å²) in [5, 5.41) is 0. The maximum Gasteiger partial charge on any atom is 0.254 e. The van der Waals surface area contributed by atoms with Crippen molar-refractivity contribution in [3.8, 4) is 0 Å². The molecule has 0 spiro atoms. The van der Waals surface area contributed by atoms with Crippen LogP contribution in [0.1, 0.15) is 48.5 Å². The Morgan fingerprint density at radius 2 is 2.22 bits per heavy atom. The average Bonchev–Trinajstić information content (AvgIpc) is 2.41. The minimum Gasteiger partial charge on any atom is -0.399 e. The quantitative estimate of drug-likeness (QED) is 0.815. The first kappa shape index (κ1) is 12.9. The second-order valence-corrected chi connectivity index (χ2v) is 5.13. The van der Waals surface area contributed by atoms with Gasteiger partial charge in [-0.2, -0.15) is 0 Å². The van der Waals surface area contributed by atoms with Gasteiger partial charge >= 0.3 is 0 Å². The van der Waals surface area contributed by atoms with Crippen LogP contribution in [0, 0.1) is 6.92 Å². The van der Waals surface area contributed by atoms with E-state index in [0.717, 1.165) is 42.6 Å². The summed E-state index contributed by atoms with van der Waals surface area (Å²) in [6.07, 6.45) is 4.54. The van der Waals surface area contributed by atoms with Gasteiger partial charge in [-0.05, 0) is 56.4 Å². The lowest BCUT2D eigenvalue weighted by Crippen LogP contribution is -2.43. The fourth-order valence-electron chi connectivity index (χ4n) is 2.67. The van der Waals surface area contributed by atoms with Gasteiger partial charge in [0.05, 0.1) is 0 Å². The van der Waals surface area contributed by atoms with Gasteiger partial charge in [-0.15, -0.1) is 0 Å². The molecule has 3 nitrogen and oxygen atoms in total. The number of piperidine rings is 1. The first-order valence-electron chi connectivity index (χ1n) is 6.80. The van der Waals surface area contributed by atoms with E-state index in [-0.39, 0.29) is 5.91 Å². The number of likely N-dealkylation sites (tertiary alicyclic amines) is 1. The maximum atomic E-state index is 12.5. The molecule has 0 saturated carbocycles. The van der Waals surface area contributed by atoms with Crippen molar-refractivity contribution >= 4 is 11.6 Å². The van der Waals surface area contributed by atoms with E-state index >= 15 is 0 Å². The third-order valence-corrected chi connectivity index (χ3v) is 3.88. The Labute approximate surface area is 109 Å². The highest BCUT2D eigenvalue weighted by atomic mass is 16.2. The van der Waals surface area contributed by atoms with Crippen LogP contribution in [-0.4, -0.2) is 23.4 Å². The van der Waals surface area contributed by atoms with Crippen LogP contribution < -0.4 is 5.73 Å². The normalized spacial score (nSPS) is 19.9. The Morgan fingerprint density at radius 3 is 2.89 bits per heavy atom. The molecular weight excluding hydrogens is 224 g/mol. The molecule has 0 aromatic heterocycles. The number of hydrogen-bond acceptors (Lipinski definition) is 2. The van der Waals surface area contributed by atoms with Crippen LogP contribution in [0.5, 0.6) is 0 Å². The van der Waals surface area contributed by atoms with Gasteiger partial charge in [0.2, 0.25) is 0 Å². The van der Waals surface area contributed by atoms with Gasteiger partial charge in [-0.25, -0.2) is 0 Å². The molecule has 1 amide bonds. The molecule has 1 aromatic carbocycles. The molecule has 2 N–H and O–H groups in total. The van der Waals surface area contributed by atoms with E-state index in [1.165, 1.54) is 6.42 Å². The fraction of sp³-hybridized carbons (Fsp3) is 0.533. The lowest BCUT2D eigenvalue weighted by Gasteiger charge is -2.35. The first-order valence-corrected chi connectivity index (χ1v) is 6.80. The highest BCUT2D eigenvalue weighted by Gasteiger charge is 2.26. The van der Waals surface area contributed by atoms with Crippen LogP contribution in [0.4, 0.5) is 5.69 Å². The number of rotatable bonds is 2. The second kappa shape index (κ2) is 5.42. The van der Waals surface area contributed by atoms with Gasteiger partial charge < -0.3 is 10.6 Å². The molecule has 0 radical (unpaired) electrons. The monoisotopic (exact) mass is 246 g/mol. The molecule has 1 fully saturated rings. The van der Waals surface area contributed by atoms with Crippen molar-refractivity contribution in [3.63, 3.8) is 0 Å². The summed E-state index contributed by atoms with van der Waals surface area (Å²) in [6.45, 7) is 4.99. The van der Waals surface area contributed by atoms with E-state index in [4.69, 9.17) is 5.73 Å². The molecule has 1 unspecified atom stereocenters. The summed E-state index contributed by atoms with van der Waals surface area (Å²) in [5.41, 5.74) is 8.29. The summed E-state index contributed by atoms with van der Waals surface area (Å²) < 4.78 is 0. The van der Waals surface area contributed by atoms with Gasteiger partial charge in [-0.3, -0.25) is 4.79 Å². The number of aryl methyl sites for hydroxylation is 1. The third kappa shape index (κ3) is 2.50. The molecule has 1 aliphatic heterocycles. The van der Waals surface area contributed by atoms with Crippen LogP contribution in [0.3, 0.4) is 0 Å². The van der Waals surface area contributed by atoms with E-state index in [2.05, 4.69) is 6.92 Å². The Morgan fingerprint density at radius 1 is 1.44 bits per heavy atom. The standard InChI is InChI=1S/C15H22N2O/c1-3-13-6-4-5-9-17(13)15(18)12-7-8-14(16)11(2)10-12/h7-8,10,13H,3-6,9,16H2,1-2H3. The summed E-state index contributed by atoms with van der Waals surface area (Å²) in [6, 6.07) is 5.97. The largest absolute Gasteiger partial charge is 0.399 e. The zero-order valence-corrected chi connectivity index (χ0v) is 11.3. The number of nitrogens with two attached hydrogens (primary N) is 1. The van der Waals surface area contributed by atoms with Crippen molar-refractivity contribution in [3.05, 3.63) is 29.3 Å². The Bertz CT molecular complexity index is 442. The number of hydrogen-bond donors (Lipinski definition) is 1. The highest BCUT2D eigenvalue weighted by molar-refractivity contribution is 5.95. The van der Waals surface area contributed by atoms with E-state index in [0.29, 0.717) is 6.04 Å². The molecule has 2 rings (SSSR count). The molecule has 1 atom stereocenters. The number of carbonyl (C=O) groups is 1. The molecule has 3 heteroatoms. The Kier molecular flexibility index (Phi) is 3.90. The second-order valence-electron chi connectivity index (χ2n) is 5.13. The van der Waals surface area contributed by atoms with Crippen molar-refractivity contribution in [1.82, 2.24) is 4.90 Å². The maximum absolute atomic E-state index is 12.5. The van der Waals surface area contributed by atoms with Crippen molar-refractivity contribution in [2.24, 2.45) is 0 Å². The summed E-state index contributed by atoms with van der Waals surface area (Å²) in [5.74, 6) is 0.157. The van der Waals surface area contributed by atoms with Gasteiger partial charge in [0.25, 0.3) is 5.91 Å². The zero-order chi connectivity index (χ0) is 13.1. The minimum atomic E-state index is 0.157. The predicted molar refractivity (Wildman–Crippen MR) is 74.6 cm³/mol. The van der Waals surface area contributed by atoms with Crippen LogP contribution >= 0.6 is 0 Å². The summed E-state index contributed by atoms with van der Waals surface area (Å²) in [4.78, 5) is 14.6. The van der Waals surface area contributed by atoms with Crippen molar-refractivity contribution in [2.45, 2.75) is 45.6 Å². The van der Waals surface area contributed by atoms with Gasteiger partial charge in [0, 0.05) is 23.8 Å². The number of carbonyl (C=O) groups excluding carboxylic acids is 1. The van der Waals surface area contributed by atoms with Crippen molar-refractivity contribution < 1.29 is 4.79 Å². The van der Waals surface area contributed by atoms with E-state index in [9.17, 15) is 4.79 Å². The number of amides is 1. The molecule has 0 bridgehead atoms. The molecule has 18 heavy (non-hydrogen) atoms. The SMILES string of the molecule is CCC1CCCCN1C(=O)c1ccc(N)c(C)c1. The zero-order valence-electron chi connectivity index (χ0n) is 11.3. The molecule has 1 aromatic rings. The third-order valence-electron chi connectivity index (χ3n) is 3.88. The lowest BCUT2D eigenvalue weighted by molar-refractivity contribution is 0.0608. The number of nitrogen functional groups attached to an aromatic ring is 1. The van der Waals surface area contributed by atoms with Crippen LogP contribution in [0.15, 0.2) is 18.2 Å². The average molecular weight is 246 g/mol. The van der Waals surface area contributed by atoms with Gasteiger partial charge in [0.15, 0.2) is 0 Å². The van der Waals surface area contributed by atoms with Crippen molar-refractivity contribution in [2.75, 3.05) is 12.3 Å². The summed E-state index contributed by atoms with van der Waals surface area (Å²) in [7, 11) is 0. The first-order chi connectivity index (χ1) is 8.63. The molecular formula is C15H22N2O. The van der Waals surface area contributed by atoms with Crippen molar-refractivity contribution in [1.29, 1.82) is 0 Å². The number of anilines is 1. The van der Waals surface area contributed by atoms with Crippen LogP contribution in [0.25, 0.3) is 0 Å². The van der Waals surface area contributed by atoms with Gasteiger partial charge in [0.1, 0.15) is 0 Å². The molecule has 1 heterocycles. The van der Waals surface area contributed by atoms with E-state index in [1.54, 1.807) is 0 Å². The Hall–Kier alpha value is -1.51. The van der Waals surface area contributed by atoms with Gasteiger partial charge in [-0.1, -0.05) is 6.92 Å². The molecule has 1 saturated heterocycles. The smallest absolute Gasteiger partial charge is 0.254 e. The lowest BCUT2D eigenvalue weighted by atomic mass is 9.98. The number of nitrogens with zero attached hydrogens (tertiary/aromatic N) is 1. The molecule has 98 valence electrons. The van der Waals surface area contributed by atoms with Crippen LogP contribution in [0.2, 0.25) is 0 Å².